The molecule has 0 aliphatic carbocycles. The summed E-state index contributed by atoms with van der Waals surface area (Å²) in [6, 6.07) is 3.54. The van der Waals surface area contributed by atoms with Gasteiger partial charge in [-0.1, -0.05) is 25.7 Å². The fourth-order valence-corrected chi connectivity index (χ4v) is 1.83. The number of aliphatic hydroxyl groups is 1. The van der Waals surface area contributed by atoms with E-state index in [1.54, 1.807) is 12.1 Å². The van der Waals surface area contributed by atoms with Crippen molar-refractivity contribution in [3.05, 3.63) is 21.9 Å². The lowest BCUT2D eigenvalue weighted by molar-refractivity contribution is 0.0953. The molecule has 2 N–H and O–H groups in total. The second-order valence-electron chi connectivity index (χ2n) is 3.73. The fourth-order valence-electron chi connectivity index (χ4n) is 1.04. The zero-order valence-corrected chi connectivity index (χ0v) is 10.2. The number of hydrogen-bond donors (Lipinski definition) is 2. The lowest BCUT2D eigenvalue weighted by Gasteiger charge is -2.05. The molecule has 0 aliphatic heterocycles. The predicted molar refractivity (Wildman–Crippen MR) is 65.5 cm³/mol. The summed E-state index contributed by atoms with van der Waals surface area (Å²) < 4.78 is 0. The topological polar surface area (TPSA) is 49.3 Å². The molecule has 0 aromatic carbocycles. The van der Waals surface area contributed by atoms with Crippen molar-refractivity contribution in [2.24, 2.45) is 5.92 Å². The molecule has 1 heterocycles. The van der Waals surface area contributed by atoms with Crippen molar-refractivity contribution < 1.29 is 9.90 Å². The Morgan fingerprint density at radius 2 is 2.31 bits per heavy atom. The van der Waals surface area contributed by atoms with E-state index in [0.29, 0.717) is 17.3 Å². The smallest absolute Gasteiger partial charge is 0.261 e. The number of nitrogens with one attached hydrogen (secondary N) is 1. The van der Waals surface area contributed by atoms with Crippen LogP contribution in [0.4, 0.5) is 0 Å². The molecule has 1 rings (SSSR count). The molecule has 0 unspecified atom stereocenters. The minimum atomic E-state index is -0.160. The van der Waals surface area contributed by atoms with Crippen LogP contribution in [0.25, 0.3) is 0 Å². The highest BCUT2D eigenvalue weighted by atomic mass is 32.1. The van der Waals surface area contributed by atoms with E-state index in [1.165, 1.54) is 11.3 Å². The van der Waals surface area contributed by atoms with Gasteiger partial charge < -0.3 is 10.4 Å². The van der Waals surface area contributed by atoms with Crippen LogP contribution in [0, 0.1) is 17.8 Å². The molecular weight excluding hydrogens is 222 g/mol. The summed E-state index contributed by atoms with van der Waals surface area (Å²) in [5, 5.41) is 11.4. The first kappa shape index (κ1) is 12.8. The second-order valence-corrected chi connectivity index (χ2v) is 4.81. The number of carbonyl (C=O) groups excluding carboxylic acids is 1. The highest BCUT2D eigenvalue weighted by molar-refractivity contribution is 7.14. The highest BCUT2D eigenvalue weighted by Gasteiger charge is 2.08. The van der Waals surface area contributed by atoms with Gasteiger partial charge in [0.05, 0.1) is 9.75 Å². The second kappa shape index (κ2) is 6.31. The maximum absolute atomic E-state index is 11.6. The Kier molecular flexibility index (Phi) is 5.03. The van der Waals surface area contributed by atoms with Crippen molar-refractivity contribution in [3.63, 3.8) is 0 Å². The Morgan fingerprint density at radius 3 is 2.94 bits per heavy atom. The van der Waals surface area contributed by atoms with Gasteiger partial charge >= 0.3 is 0 Å². The quantitative estimate of drug-likeness (QED) is 0.782. The average Bonchev–Trinajstić information content (AvgIpc) is 2.71. The zero-order valence-electron chi connectivity index (χ0n) is 9.41. The summed E-state index contributed by atoms with van der Waals surface area (Å²) in [6.07, 6.45) is 0. The Bertz CT molecular complexity index is 412. The first-order valence-corrected chi connectivity index (χ1v) is 5.93. The van der Waals surface area contributed by atoms with Crippen molar-refractivity contribution >= 4 is 17.2 Å². The number of rotatable bonds is 3. The summed E-state index contributed by atoms with van der Waals surface area (Å²) in [6.45, 7) is 4.61. The molecule has 0 atom stereocenters. The van der Waals surface area contributed by atoms with Gasteiger partial charge in [0.25, 0.3) is 5.91 Å². The van der Waals surface area contributed by atoms with Crippen molar-refractivity contribution in [3.8, 4) is 11.8 Å². The highest BCUT2D eigenvalue weighted by Crippen LogP contribution is 2.15. The van der Waals surface area contributed by atoms with E-state index in [-0.39, 0.29) is 12.5 Å². The predicted octanol–water partition coefficient (Wildman–Crippen LogP) is 1.48. The molecular formula is C12H15NO2S. The van der Waals surface area contributed by atoms with Crippen LogP contribution in [-0.2, 0) is 0 Å². The van der Waals surface area contributed by atoms with Crippen LogP contribution in [0.5, 0.6) is 0 Å². The molecule has 0 spiro atoms. The SMILES string of the molecule is CC(C)CNC(=O)c1ccc(C#CCO)s1. The van der Waals surface area contributed by atoms with Gasteiger partial charge in [0, 0.05) is 6.54 Å². The summed E-state index contributed by atoms with van der Waals surface area (Å²) in [5.41, 5.74) is 0. The molecule has 3 nitrogen and oxygen atoms in total. The van der Waals surface area contributed by atoms with Gasteiger partial charge in [0.2, 0.25) is 0 Å². The molecule has 0 bridgehead atoms. The summed E-state index contributed by atoms with van der Waals surface area (Å²) in [5.74, 6) is 5.71. The standard InChI is InChI=1S/C12H15NO2S/c1-9(2)8-13-12(15)11-6-5-10(16-11)4-3-7-14/h5-6,9,14H,7-8H2,1-2H3,(H,13,15). The van der Waals surface area contributed by atoms with Crippen molar-refractivity contribution in [2.75, 3.05) is 13.2 Å². The van der Waals surface area contributed by atoms with Gasteiger partial charge in [0.1, 0.15) is 6.61 Å². The van der Waals surface area contributed by atoms with Crippen LogP contribution in [0.3, 0.4) is 0 Å². The van der Waals surface area contributed by atoms with Gasteiger partial charge in [-0.3, -0.25) is 4.79 Å². The van der Waals surface area contributed by atoms with Crippen LogP contribution in [0.15, 0.2) is 12.1 Å². The van der Waals surface area contributed by atoms with E-state index in [0.717, 1.165) is 4.88 Å². The molecule has 0 aliphatic rings. The summed E-state index contributed by atoms with van der Waals surface area (Å²) in [4.78, 5) is 13.1. The number of hydrogen-bond acceptors (Lipinski definition) is 3. The molecule has 1 aromatic rings. The molecule has 1 aromatic heterocycles. The van der Waals surface area contributed by atoms with Gasteiger partial charge in [-0.05, 0) is 18.1 Å². The minimum Gasteiger partial charge on any atom is -0.384 e. The number of thiophene rings is 1. The van der Waals surface area contributed by atoms with E-state index in [2.05, 4.69) is 17.2 Å². The average molecular weight is 237 g/mol. The van der Waals surface area contributed by atoms with Crippen LogP contribution < -0.4 is 5.32 Å². The Balaban J connectivity index is 2.60. The van der Waals surface area contributed by atoms with Crippen molar-refractivity contribution in [2.45, 2.75) is 13.8 Å². The van der Waals surface area contributed by atoms with Crippen molar-refractivity contribution in [1.82, 2.24) is 5.32 Å². The minimum absolute atomic E-state index is 0.0595. The van der Waals surface area contributed by atoms with Crippen LogP contribution in [-0.4, -0.2) is 24.2 Å². The van der Waals surface area contributed by atoms with Crippen LogP contribution in [0.1, 0.15) is 28.4 Å². The van der Waals surface area contributed by atoms with E-state index < -0.39 is 0 Å². The van der Waals surface area contributed by atoms with E-state index in [4.69, 9.17) is 5.11 Å². The third kappa shape index (κ3) is 4.05. The lowest BCUT2D eigenvalue weighted by atomic mass is 10.2. The molecule has 0 saturated carbocycles. The number of amides is 1. The normalized spacial score (nSPS) is 9.75. The fraction of sp³-hybridized carbons (Fsp3) is 0.417. The van der Waals surface area contributed by atoms with Crippen LogP contribution in [0.2, 0.25) is 0 Å². The van der Waals surface area contributed by atoms with Gasteiger partial charge in [-0.25, -0.2) is 0 Å². The Hall–Kier alpha value is -1.31. The maximum Gasteiger partial charge on any atom is 0.261 e. The molecule has 86 valence electrons. The Labute approximate surface area is 99.5 Å². The number of carbonyl (C=O) groups is 1. The molecule has 1 amide bonds. The molecule has 0 fully saturated rings. The first-order chi connectivity index (χ1) is 7.63. The van der Waals surface area contributed by atoms with Crippen LogP contribution >= 0.6 is 11.3 Å². The molecule has 0 saturated heterocycles. The first-order valence-electron chi connectivity index (χ1n) is 5.11. The third-order valence-corrected chi connectivity index (χ3v) is 2.79. The third-order valence-electron chi connectivity index (χ3n) is 1.79. The molecule has 0 radical (unpaired) electrons. The monoisotopic (exact) mass is 237 g/mol. The lowest BCUT2D eigenvalue weighted by Crippen LogP contribution is -2.26. The summed E-state index contributed by atoms with van der Waals surface area (Å²) >= 11 is 1.34. The van der Waals surface area contributed by atoms with Gasteiger partial charge in [-0.15, -0.1) is 11.3 Å². The van der Waals surface area contributed by atoms with E-state index in [1.807, 2.05) is 13.8 Å². The van der Waals surface area contributed by atoms with E-state index in [9.17, 15) is 4.79 Å². The molecule has 16 heavy (non-hydrogen) atoms. The molecule has 4 heteroatoms. The van der Waals surface area contributed by atoms with Gasteiger partial charge in [-0.2, -0.15) is 0 Å². The van der Waals surface area contributed by atoms with Gasteiger partial charge in [0.15, 0.2) is 0 Å². The number of aliphatic hydroxyl groups excluding tert-OH is 1. The Morgan fingerprint density at radius 1 is 1.56 bits per heavy atom. The zero-order chi connectivity index (χ0) is 12.0. The van der Waals surface area contributed by atoms with E-state index >= 15 is 0 Å². The maximum atomic E-state index is 11.6. The van der Waals surface area contributed by atoms with Crippen molar-refractivity contribution in [1.29, 1.82) is 0 Å². The largest absolute Gasteiger partial charge is 0.384 e. The summed E-state index contributed by atoms with van der Waals surface area (Å²) in [7, 11) is 0.